The molecule has 0 fully saturated rings. The van der Waals surface area contributed by atoms with E-state index < -0.39 is 39.7 Å². The molecule has 190 valence electrons. The van der Waals surface area contributed by atoms with Gasteiger partial charge in [-0.2, -0.15) is 0 Å². The molecule has 1 aromatic rings. The lowest BCUT2D eigenvalue weighted by atomic mass is 10.3. The molecule has 14 nitrogen and oxygen atoms in total. The van der Waals surface area contributed by atoms with Crippen molar-refractivity contribution in [3.05, 3.63) is 49.6 Å². The minimum atomic E-state index is -4.84. The fourth-order valence-corrected chi connectivity index (χ4v) is 3.27. The maximum absolute atomic E-state index is 11.3. The molecule has 0 spiro atoms. The van der Waals surface area contributed by atoms with Crippen LogP contribution in [0.25, 0.3) is 0 Å². The van der Waals surface area contributed by atoms with E-state index in [0.717, 1.165) is 12.2 Å². The number of rotatable bonds is 16. The molecule has 2 amide bonds. The summed E-state index contributed by atoms with van der Waals surface area (Å²) in [6, 6.07) is 5.80. The summed E-state index contributed by atoms with van der Waals surface area (Å²) < 4.78 is 42.2. The Kier molecular flexibility index (Phi) is 12.1. The highest BCUT2D eigenvalue weighted by Gasteiger charge is 2.24. The van der Waals surface area contributed by atoms with Gasteiger partial charge in [0.2, 0.25) is 11.8 Å². The molecule has 2 atom stereocenters. The summed E-state index contributed by atoms with van der Waals surface area (Å²) in [5.41, 5.74) is 0. The zero-order valence-electron chi connectivity index (χ0n) is 17.8. The average molecular weight is 524 g/mol. The number of phosphoric ester groups is 2. The summed E-state index contributed by atoms with van der Waals surface area (Å²) in [4.78, 5) is 58.5. The third kappa shape index (κ3) is 13.9. The molecule has 6 N–H and O–H groups in total. The molecule has 0 saturated heterocycles. The van der Waals surface area contributed by atoms with Crippen molar-refractivity contribution >= 4 is 27.5 Å². The predicted molar refractivity (Wildman–Crippen MR) is 118 cm³/mol. The maximum atomic E-state index is 11.3. The van der Waals surface area contributed by atoms with Crippen molar-refractivity contribution in [2.75, 3.05) is 26.3 Å². The van der Waals surface area contributed by atoms with E-state index in [1.165, 1.54) is 24.3 Å². The molecule has 1 aromatic carbocycles. The second kappa shape index (κ2) is 14.0. The molecule has 2 unspecified atom stereocenters. The van der Waals surface area contributed by atoms with Crippen LogP contribution < -0.4 is 20.1 Å². The number of phosphoric acid groups is 2. The number of amides is 2. The van der Waals surface area contributed by atoms with Crippen LogP contribution in [0.2, 0.25) is 0 Å². The van der Waals surface area contributed by atoms with Crippen molar-refractivity contribution in [3.8, 4) is 11.5 Å². The Morgan fingerprint density at radius 2 is 1.12 bits per heavy atom. The molecule has 0 aliphatic heterocycles. The Labute approximate surface area is 195 Å². The average Bonchev–Trinajstić information content (AvgIpc) is 2.75. The number of hydrogen-bond donors (Lipinski definition) is 6. The predicted octanol–water partition coefficient (Wildman–Crippen LogP) is 0.00440. The first-order chi connectivity index (χ1) is 15.8. The molecular formula is C18H26N2O12P2. The first kappa shape index (κ1) is 29.5. The summed E-state index contributed by atoms with van der Waals surface area (Å²) in [5.74, 6) is -0.595. The zero-order chi connectivity index (χ0) is 25.8. The van der Waals surface area contributed by atoms with E-state index in [2.05, 4.69) is 32.8 Å². The lowest BCUT2D eigenvalue weighted by molar-refractivity contribution is -0.117. The van der Waals surface area contributed by atoms with Crippen LogP contribution >= 0.6 is 15.6 Å². The highest BCUT2D eigenvalue weighted by atomic mass is 31.2. The van der Waals surface area contributed by atoms with Gasteiger partial charge in [-0.25, -0.2) is 9.13 Å². The molecule has 0 aliphatic carbocycles. The van der Waals surface area contributed by atoms with E-state index in [9.17, 15) is 18.7 Å². The van der Waals surface area contributed by atoms with E-state index in [0.29, 0.717) is 0 Å². The topological polar surface area (TPSA) is 210 Å². The highest BCUT2D eigenvalue weighted by molar-refractivity contribution is 7.46. The van der Waals surface area contributed by atoms with E-state index >= 15 is 0 Å². The largest absolute Gasteiger partial charge is 0.491 e. The van der Waals surface area contributed by atoms with Gasteiger partial charge < -0.3 is 39.7 Å². The second-order valence-electron chi connectivity index (χ2n) is 6.43. The van der Waals surface area contributed by atoms with Gasteiger partial charge >= 0.3 is 15.6 Å². The maximum Gasteiger partial charge on any atom is 0.470 e. The van der Waals surface area contributed by atoms with Crippen LogP contribution in [-0.2, 0) is 27.8 Å². The molecule has 0 aromatic heterocycles. The van der Waals surface area contributed by atoms with Crippen LogP contribution in [0.4, 0.5) is 0 Å². The molecule has 1 rings (SSSR count). The van der Waals surface area contributed by atoms with Crippen LogP contribution in [0.15, 0.2) is 49.6 Å². The van der Waals surface area contributed by atoms with Crippen molar-refractivity contribution in [3.63, 3.8) is 0 Å². The van der Waals surface area contributed by atoms with Crippen LogP contribution in [0.5, 0.6) is 11.5 Å². The van der Waals surface area contributed by atoms with Gasteiger partial charge in [-0.15, -0.1) is 0 Å². The number of nitrogens with one attached hydrogen (secondary N) is 2. The molecule has 34 heavy (non-hydrogen) atoms. The monoisotopic (exact) mass is 524 g/mol. The SMILES string of the molecule is C=CC(=O)NCC(COc1ccc(OCC(CNC(=O)C=C)OP(=O)(O)O)cc1)OP(=O)(O)O. The van der Waals surface area contributed by atoms with E-state index in [1.807, 2.05) is 0 Å². The van der Waals surface area contributed by atoms with Crippen LogP contribution in [0, 0.1) is 0 Å². The number of hydrogen-bond acceptors (Lipinski definition) is 8. The third-order valence-corrected chi connectivity index (χ3v) is 4.79. The second-order valence-corrected chi connectivity index (χ2v) is 8.81. The molecule has 0 heterocycles. The smallest absolute Gasteiger partial charge is 0.470 e. The Bertz CT molecular complexity index is 852. The van der Waals surface area contributed by atoms with Crippen molar-refractivity contribution in [2.45, 2.75) is 12.2 Å². The van der Waals surface area contributed by atoms with Crippen molar-refractivity contribution in [2.24, 2.45) is 0 Å². The first-order valence-electron chi connectivity index (χ1n) is 9.45. The fraction of sp³-hybridized carbons (Fsp3) is 0.333. The van der Waals surface area contributed by atoms with Crippen LogP contribution in [-0.4, -0.2) is 69.9 Å². The Hall–Kier alpha value is -2.54. The fourth-order valence-electron chi connectivity index (χ4n) is 2.23. The van der Waals surface area contributed by atoms with Gasteiger partial charge in [0.25, 0.3) is 0 Å². The number of carbonyl (C=O) groups is 2. The van der Waals surface area contributed by atoms with Gasteiger partial charge in [-0.05, 0) is 36.4 Å². The summed E-state index contributed by atoms with van der Waals surface area (Å²) in [6.07, 6.45) is -0.373. The minimum absolute atomic E-state index is 0.249. The molecular weight excluding hydrogens is 498 g/mol. The Balaban J connectivity index is 2.67. The van der Waals surface area contributed by atoms with Gasteiger partial charge in [0.15, 0.2) is 0 Å². The van der Waals surface area contributed by atoms with Gasteiger partial charge in [-0.3, -0.25) is 18.6 Å². The zero-order valence-corrected chi connectivity index (χ0v) is 19.6. The van der Waals surface area contributed by atoms with E-state index in [1.54, 1.807) is 0 Å². The standard InChI is InChI=1S/C18H26N2O12P2/c1-3-17(21)19-9-15(31-33(23,24)25)11-29-13-5-7-14(8-6-13)30-12-16(32-34(26,27)28)10-20-18(22)4-2/h3-8,15-16H,1-2,9-12H2,(H,19,21)(H,20,22)(H2,23,24,25)(H2,26,27,28). The molecule has 16 heteroatoms. The van der Waals surface area contributed by atoms with Crippen molar-refractivity contribution < 1.29 is 56.8 Å². The number of ether oxygens (including phenoxy) is 2. The van der Waals surface area contributed by atoms with Crippen molar-refractivity contribution in [1.29, 1.82) is 0 Å². The van der Waals surface area contributed by atoms with E-state index in [-0.39, 0.29) is 37.8 Å². The molecule has 0 radical (unpaired) electrons. The summed E-state index contributed by atoms with van der Waals surface area (Å²) in [5, 5.41) is 4.68. The first-order valence-corrected chi connectivity index (χ1v) is 12.5. The van der Waals surface area contributed by atoms with Crippen molar-refractivity contribution in [1.82, 2.24) is 10.6 Å². The number of carbonyl (C=O) groups excluding carboxylic acids is 2. The van der Waals surface area contributed by atoms with Crippen LogP contribution in [0.1, 0.15) is 0 Å². The molecule has 0 aliphatic rings. The lowest BCUT2D eigenvalue weighted by Gasteiger charge is -2.20. The Morgan fingerprint density at radius 3 is 1.38 bits per heavy atom. The summed E-state index contributed by atoms with van der Waals surface area (Å²) in [7, 11) is -9.69. The third-order valence-electron chi connectivity index (χ3n) is 3.65. The Morgan fingerprint density at radius 1 is 0.794 bits per heavy atom. The normalized spacial score (nSPS) is 13.3. The molecule has 0 bridgehead atoms. The van der Waals surface area contributed by atoms with Crippen LogP contribution in [0.3, 0.4) is 0 Å². The van der Waals surface area contributed by atoms with Gasteiger partial charge in [-0.1, -0.05) is 13.2 Å². The summed E-state index contributed by atoms with van der Waals surface area (Å²) >= 11 is 0. The van der Waals surface area contributed by atoms with Gasteiger partial charge in [0, 0.05) is 13.1 Å². The minimum Gasteiger partial charge on any atom is -0.491 e. The number of benzene rings is 1. The lowest BCUT2D eigenvalue weighted by Crippen LogP contribution is -2.36. The van der Waals surface area contributed by atoms with E-state index in [4.69, 9.17) is 29.0 Å². The highest BCUT2D eigenvalue weighted by Crippen LogP contribution is 2.38. The van der Waals surface area contributed by atoms with Gasteiger partial charge in [0.1, 0.15) is 36.9 Å². The quantitative estimate of drug-likeness (QED) is 0.125. The molecule has 0 saturated carbocycles. The van der Waals surface area contributed by atoms with Gasteiger partial charge in [0.05, 0.1) is 0 Å². The summed E-state index contributed by atoms with van der Waals surface area (Å²) in [6.45, 7) is 5.39.